The highest BCUT2D eigenvalue weighted by Gasteiger charge is 2.22. The Kier molecular flexibility index (Phi) is 8.89. The van der Waals surface area contributed by atoms with Crippen molar-refractivity contribution in [1.82, 2.24) is 9.66 Å². The van der Waals surface area contributed by atoms with Crippen molar-refractivity contribution in [3.8, 4) is 11.5 Å². The maximum atomic E-state index is 13.2. The first-order valence-corrected chi connectivity index (χ1v) is 12.7. The zero-order valence-corrected chi connectivity index (χ0v) is 23.7. The molecule has 1 heterocycles. The largest absolute Gasteiger partial charge is 0.493 e. The molecule has 0 saturated carbocycles. The van der Waals surface area contributed by atoms with Gasteiger partial charge >= 0.3 is 5.97 Å². The van der Waals surface area contributed by atoms with Crippen molar-refractivity contribution < 1.29 is 19.0 Å². The summed E-state index contributed by atoms with van der Waals surface area (Å²) in [6.45, 7) is 3.59. The SMILES string of the molecule is CCCc1nc2ccc(Br)cc2c(=O)n1N=Cc1cc(OC)c(O[C@@H](C)C(=O)OC)c(Br)c1Br. The Morgan fingerprint density at radius 3 is 2.59 bits per heavy atom. The van der Waals surface area contributed by atoms with Gasteiger partial charge in [-0.1, -0.05) is 22.9 Å². The van der Waals surface area contributed by atoms with Crippen molar-refractivity contribution in [1.29, 1.82) is 0 Å². The summed E-state index contributed by atoms with van der Waals surface area (Å²) in [5, 5.41) is 4.93. The summed E-state index contributed by atoms with van der Waals surface area (Å²) in [7, 11) is 2.78. The number of hydrogen-bond donors (Lipinski definition) is 0. The second-order valence-electron chi connectivity index (χ2n) is 7.21. The number of carbonyl (C=O) groups excluding carboxylic acids is 1. The molecule has 34 heavy (non-hydrogen) atoms. The van der Waals surface area contributed by atoms with Crippen molar-refractivity contribution in [2.75, 3.05) is 14.2 Å². The smallest absolute Gasteiger partial charge is 0.346 e. The van der Waals surface area contributed by atoms with E-state index in [1.165, 1.54) is 25.1 Å². The molecule has 11 heteroatoms. The summed E-state index contributed by atoms with van der Waals surface area (Å²) in [4.78, 5) is 29.7. The first-order valence-electron chi connectivity index (χ1n) is 10.3. The molecule has 0 fully saturated rings. The second kappa shape index (κ2) is 11.5. The third-order valence-electron chi connectivity index (χ3n) is 4.86. The van der Waals surface area contributed by atoms with Gasteiger partial charge in [-0.2, -0.15) is 9.78 Å². The van der Waals surface area contributed by atoms with Crippen LogP contribution in [0.25, 0.3) is 10.9 Å². The Hall–Kier alpha value is -2.24. The van der Waals surface area contributed by atoms with Crippen LogP contribution in [0.15, 0.2) is 47.6 Å². The number of rotatable bonds is 8. The number of aryl methyl sites for hydroxylation is 1. The molecule has 0 radical (unpaired) electrons. The molecule has 0 amide bonds. The molecule has 3 aromatic rings. The number of benzene rings is 2. The first-order chi connectivity index (χ1) is 16.2. The molecule has 0 aliphatic carbocycles. The Balaban J connectivity index is 2.10. The summed E-state index contributed by atoms with van der Waals surface area (Å²) < 4.78 is 19.2. The monoisotopic (exact) mass is 657 g/mol. The number of fused-ring (bicyclic) bond motifs is 1. The quantitative estimate of drug-likeness (QED) is 0.235. The average molecular weight is 660 g/mol. The van der Waals surface area contributed by atoms with Gasteiger partial charge in [-0.25, -0.2) is 9.78 Å². The maximum Gasteiger partial charge on any atom is 0.346 e. The maximum absolute atomic E-state index is 13.2. The van der Waals surface area contributed by atoms with Crippen LogP contribution in [-0.2, 0) is 16.0 Å². The van der Waals surface area contributed by atoms with Crippen LogP contribution in [0.4, 0.5) is 0 Å². The molecule has 0 bridgehead atoms. The van der Waals surface area contributed by atoms with Crippen LogP contribution in [-0.4, -0.2) is 42.2 Å². The predicted octanol–water partition coefficient (Wildman–Crippen LogP) is 5.47. The van der Waals surface area contributed by atoms with E-state index in [1.807, 2.05) is 13.0 Å². The molecule has 0 spiro atoms. The van der Waals surface area contributed by atoms with Crippen LogP contribution < -0.4 is 15.0 Å². The summed E-state index contributed by atoms with van der Waals surface area (Å²) in [6, 6.07) is 7.08. The number of esters is 1. The van der Waals surface area contributed by atoms with Gasteiger partial charge in [0.1, 0.15) is 5.82 Å². The molecule has 1 aromatic heterocycles. The zero-order chi connectivity index (χ0) is 25.0. The van der Waals surface area contributed by atoms with Gasteiger partial charge in [0.05, 0.1) is 35.8 Å². The van der Waals surface area contributed by atoms with E-state index in [2.05, 4.69) is 57.9 Å². The van der Waals surface area contributed by atoms with E-state index in [4.69, 9.17) is 14.2 Å². The minimum Gasteiger partial charge on any atom is -0.493 e. The van der Waals surface area contributed by atoms with Crippen LogP contribution in [0, 0.1) is 0 Å². The van der Waals surface area contributed by atoms with Gasteiger partial charge in [0.2, 0.25) is 0 Å². The summed E-state index contributed by atoms with van der Waals surface area (Å²) in [5.74, 6) is 0.737. The zero-order valence-electron chi connectivity index (χ0n) is 18.9. The van der Waals surface area contributed by atoms with Crippen molar-refractivity contribution in [3.63, 3.8) is 0 Å². The number of aromatic nitrogens is 2. The molecule has 2 aromatic carbocycles. The lowest BCUT2D eigenvalue weighted by Crippen LogP contribution is -2.25. The van der Waals surface area contributed by atoms with E-state index >= 15 is 0 Å². The Morgan fingerprint density at radius 2 is 1.94 bits per heavy atom. The molecule has 1 atom stereocenters. The molecule has 0 saturated heterocycles. The fourth-order valence-electron chi connectivity index (χ4n) is 3.17. The van der Waals surface area contributed by atoms with E-state index < -0.39 is 12.1 Å². The Bertz CT molecular complexity index is 1320. The van der Waals surface area contributed by atoms with Gasteiger partial charge in [0, 0.05) is 20.9 Å². The molecule has 0 aliphatic heterocycles. The van der Waals surface area contributed by atoms with Crippen molar-refractivity contribution >= 4 is 70.9 Å². The van der Waals surface area contributed by atoms with Gasteiger partial charge in [-0.15, -0.1) is 0 Å². The van der Waals surface area contributed by atoms with Crippen LogP contribution in [0.2, 0.25) is 0 Å². The minimum absolute atomic E-state index is 0.264. The van der Waals surface area contributed by atoms with Gasteiger partial charge in [-0.05, 0) is 69.5 Å². The lowest BCUT2D eigenvalue weighted by atomic mass is 10.2. The summed E-state index contributed by atoms with van der Waals surface area (Å²) >= 11 is 10.4. The van der Waals surface area contributed by atoms with E-state index in [0.29, 0.717) is 49.2 Å². The molecule has 180 valence electrons. The Labute approximate surface area is 221 Å². The summed E-state index contributed by atoms with van der Waals surface area (Å²) in [5.41, 5.74) is 0.973. The number of hydrogen-bond acceptors (Lipinski definition) is 7. The number of halogens is 3. The summed E-state index contributed by atoms with van der Waals surface area (Å²) in [6.07, 6.45) is 2.08. The highest BCUT2D eigenvalue weighted by atomic mass is 79.9. The van der Waals surface area contributed by atoms with Crippen molar-refractivity contribution in [2.24, 2.45) is 5.10 Å². The van der Waals surface area contributed by atoms with Gasteiger partial charge < -0.3 is 14.2 Å². The molecule has 3 rings (SSSR count). The first kappa shape index (κ1) is 26.4. The lowest BCUT2D eigenvalue weighted by molar-refractivity contribution is -0.147. The van der Waals surface area contributed by atoms with Gasteiger partial charge in [0.15, 0.2) is 17.6 Å². The predicted molar refractivity (Wildman–Crippen MR) is 141 cm³/mol. The average Bonchev–Trinajstić information content (AvgIpc) is 2.82. The molecule has 0 N–H and O–H groups in total. The molecule has 8 nitrogen and oxygen atoms in total. The van der Waals surface area contributed by atoms with Crippen LogP contribution >= 0.6 is 47.8 Å². The topological polar surface area (TPSA) is 92.0 Å². The molecular formula is C23H22Br3N3O5. The number of ether oxygens (including phenoxy) is 3. The lowest BCUT2D eigenvalue weighted by Gasteiger charge is -2.18. The molecule has 0 aliphatic rings. The van der Waals surface area contributed by atoms with Gasteiger partial charge in [0.25, 0.3) is 5.56 Å². The van der Waals surface area contributed by atoms with Crippen LogP contribution in [0.5, 0.6) is 11.5 Å². The van der Waals surface area contributed by atoms with Gasteiger partial charge in [-0.3, -0.25) is 4.79 Å². The molecular weight excluding hydrogens is 638 g/mol. The Morgan fingerprint density at radius 1 is 1.21 bits per heavy atom. The fraction of sp³-hybridized carbons (Fsp3) is 0.304. The van der Waals surface area contributed by atoms with Crippen LogP contribution in [0.1, 0.15) is 31.7 Å². The standard InChI is InChI=1S/C23H22Br3N3O5/c1-5-6-18-28-16-8-7-14(24)10-15(16)22(30)29(18)27-11-13-9-17(32-3)21(20(26)19(13)25)34-12(2)23(31)33-4/h7-12H,5-6H2,1-4H3/t12-/m0/s1. The highest BCUT2D eigenvalue weighted by Crippen LogP contribution is 2.42. The fourth-order valence-corrected chi connectivity index (χ4v) is 4.45. The van der Waals surface area contributed by atoms with Crippen LogP contribution in [0.3, 0.4) is 0 Å². The van der Waals surface area contributed by atoms with Crippen molar-refractivity contribution in [2.45, 2.75) is 32.8 Å². The number of methoxy groups -OCH3 is 2. The van der Waals surface area contributed by atoms with E-state index in [9.17, 15) is 9.59 Å². The normalized spacial score (nSPS) is 12.2. The number of carbonyl (C=O) groups is 1. The van der Waals surface area contributed by atoms with Crippen molar-refractivity contribution in [3.05, 3.63) is 59.4 Å². The molecule has 0 unspecified atom stereocenters. The van der Waals surface area contributed by atoms with E-state index in [-0.39, 0.29) is 5.56 Å². The third kappa shape index (κ3) is 5.52. The number of nitrogens with zero attached hydrogens (tertiary/aromatic N) is 3. The third-order valence-corrected chi connectivity index (χ3v) is 7.50. The highest BCUT2D eigenvalue weighted by molar-refractivity contribution is 9.13. The minimum atomic E-state index is -0.847. The van der Waals surface area contributed by atoms with E-state index in [1.54, 1.807) is 25.1 Å². The second-order valence-corrected chi connectivity index (χ2v) is 9.71. The van der Waals surface area contributed by atoms with E-state index in [0.717, 1.165) is 10.9 Å².